The molecule has 0 spiro atoms. The lowest BCUT2D eigenvalue weighted by atomic mass is 9.88. The lowest BCUT2D eigenvalue weighted by molar-refractivity contribution is -0.185. The Morgan fingerprint density at radius 2 is 1.85 bits per heavy atom. The van der Waals surface area contributed by atoms with Crippen molar-refractivity contribution in [2.75, 3.05) is 33.3 Å². The van der Waals surface area contributed by atoms with Crippen molar-refractivity contribution in [1.82, 2.24) is 14.8 Å². The first-order valence-electron chi connectivity index (χ1n) is 11.3. The fraction of sp³-hybridized carbons (Fsp3) is 0.682. The first kappa shape index (κ1) is 25.1. The molecule has 3 rings (SSSR count). The van der Waals surface area contributed by atoms with Crippen molar-refractivity contribution in [2.24, 2.45) is 5.73 Å². The Balaban J connectivity index is 1.64. The number of alkyl halides is 3. The van der Waals surface area contributed by atoms with Crippen molar-refractivity contribution in [3.63, 3.8) is 0 Å². The van der Waals surface area contributed by atoms with Gasteiger partial charge >= 0.3 is 18.2 Å². The summed E-state index contributed by atoms with van der Waals surface area (Å²) in [4.78, 5) is 30.6. The van der Waals surface area contributed by atoms with Crippen LogP contribution in [0.5, 0.6) is 11.6 Å². The molecule has 1 aromatic rings. The lowest BCUT2D eigenvalue weighted by Crippen LogP contribution is -2.43. The van der Waals surface area contributed by atoms with Gasteiger partial charge in [-0.25, -0.2) is 9.78 Å². The lowest BCUT2D eigenvalue weighted by Gasteiger charge is -2.37. The number of nitrogens with zero attached hydrogens (tertiary/aromatic N) is 3. The second kappa shape index (κ2) is 10.6. The molecular weight excluding hydrogens is 441 g/mol. The highest BCUT2D eigenvalue weighted by Crippen LogP contribution is 2.36. The van der Waals surface area contributed by atoms with E-state index in [0.717, 1.165) is 48.5 Å². The molecule has 2 saturated heterocycles. The third kappa shape index (κ3) is 6.07. The number of nitrogens with two attached hydrogens (primary N) is 1. The molecule has 1 unspecified atom stereocenters. The van der Waals surface area contributed by atoms with Gasteiger partial charge in [-0.2, -0.15) is 13.2 Å². The van der Waals surface area contributed by atoms with E-state index in [1.165, 1.54) is 7.11 Å². The Labute approximate surface area is 191 Å². The fourth-order valence-electron chi connectivity index (χ4n) is 4.86. The van der Waals surface area contributed by atoms with E-state index in [1.807, 2.05) is 6.92 Å². The Kier molecular flexibility index (Phi) is 8.04. The van der Waals surface area contributed by atoms with Crippen molar-refractivity contribution in [3.05, 3.63) is 17.3 Å². The van der Waals surface area contributed by atoms with Gasteiger partial charge in [-0.15, -0.1) is 0 Å². The highest BCUT2D eigenvalue weighted by Gasteiger charge is 2.43. The number of primary amides is 1. The van der Waals surface area contributed by atoms with Crippen LogP contribution in [0.1, 0.15) is 56.2 Å². The molecule has 2 aliphatic rings. The van der Waals surface area contributed by atoms with E-state index in [-0.39, 0.29) is 36.7 Å². The molecule has 2 aliphatic heterocycles. The highest BCUT2D eigenvalue weighted by atomic mass is 19.4. The Morgan fingerprint density at radius 3 is 2.42 bits per heavy atom. The summed E-state index contributed by atoms with van der Waals surface area (Å²) in [6.45, 7) is 3.87. The number of carbonyl (C=O) groups excluding carboxylic acids is 2. The number of likely N-dealkylation sites (tertiary alicyclic amines) is 2. The monoisotopic (exact) mass is 472 g/mol. The first-order chi connectivity index (χ1) is 15.6. The first-order valence-corrected chi connectivity index (χ1v) is 11.3. The summed E-state index contributed by atoms with van der Waals surface area (Å²) in [5, 5.41) is 0. The summed E-state index contributed by atoms with van der Waals surface area (Å²) in [6.07, 6.45) is -1.48. The summed E-state index contributed by atoms with van der Waals surface area (Å²) in [6, 6.07) is 1.91. The summed E-state index contributed by atoms with van der Waals surface area (Å²) < 4.78 is 48.6. The Morgan fingerprint density at radius 1 is 1.15 bits per heavy atom. The third-order valence-corrected chi connectivity index (χ3v) is 6.51. The average Bonchev–Trinajstić information content (AvgIpc) is 3.03. The molecule has 0 radical (unpaired) electrons. The number of carbonyl (C=O) groups is 2. The largest absolute Gasteiger partial charge is 0.478 e. The molecule has 184 valence electrons. The van der Waals surface area contributed by atoms with Gasteiger partial charge in [-0.1, -0.05) is 6.92 Å². The molecular formula is C22H31F3N4O4. The minimum Gasteiger partial charge on any atom is -0.478 e. The normalized spacial score (nSPS) is 20.9. The smallest absolute Gasteiger partial charge is 0.471 e. The molecule has 33 heavy (non-hydrogen) atoms. The van der Waals surface area contributed by atoms with E-state index in [0.29, 0.717) is 19.3 Å². The van der Waals surface area contributed by atoms with Gasteiger partial charge in [0.15, 0.2) is 5.75 Å². The second-order valence-electron chi connectivity index (χ2n) is 8.50. The molecule has 11 heteroatoms. The second-order valence-corrected chi connectivity index (χ2v) is 8.50. The van der Waals surface area contributed by atoms with Gasteiger partial charge in [0.05, 0.1) is 12.8 Å². The van der Waals surface area contributed by atoms with Gasteiger partial charge in [0.25, 0.3) is 5.88 Å². The maximum Gasteiger partial charge on any atom is 0.471 e. The van der Waals surface area contributed by atoms with Crippen molar-refractivity contribution in [1.29, 1.82) is 0 Å². The van der Waals surface area contributed by atoms with E-state index in [9.17, 15) is 22.8 Å². The highest BCUT2D eigenvalue weighted by molar-refractivity contribution is 5.81. The molecule has 2 amide bonds. The fourth-order valence-corrected chi connectivity index (χ4v) is 4.86. The van der Waals surface area contributed by atoms with E-state index in [4.69, 9.17) is 15.2 Å². The van der Waals surface area contributed by atoms with E-state index >= 15 is 0 Å². The molecule has 2 fully saturated rings. The topological polar surface area (TPSA) is 98.0 Å². The van der Waals surface area contributed by atoms with E-state index in [2.05, 4.69) is 9.88 Å². The van der Waals surface area contributed by atoms with Gasteiger partial charge in [-0.05, 0) is 63.2 Å². The zero-order chi connectivity index (χ0) is 24.2. The number of halogens is 3. The maximum absolute atomic E-state index is 12.8. The molecule has 8 nitrogen and oxygen atoms in total. The molecule has 1 atom stereocenters. The number of ether oxygens (including phenoxy) is 2. The number of piperidine rings is 1. The zero-order valence-corrected chi connectivity index (χ0v) is 19.0. The molecule has 0 aliphatic carbocycles. The van der Waals surface area contributed by atoms with Crippen LogP contribution in [0, 0.1) is 0 Å². The Hall–Kier alpha value is -2.56. The van der Waals surface area contributed by atoms with Gasteiger partial charge in [0.2, 0.25) is 0 Å². The third-order valence-electron chi connectivity index (χ3n) is 6.51. The van der Waals surface area contributed by atoms with Crippen molar-refractivity contribution in [3.8, 4) is 11.6 Å². The number of aryl methyl sites for hydroxylation is 1. The number of rotatable bonds is 5. The van der Waals surface area contributed by atoms with Gasteiger partial charge in [0, 0.05) is 25.0 Å². The quantitative estimate of drug-likeness (QED) is 0.707. The molecule has 0 aromatic carbocycles. The molecule has 0 bridgehead atoms. The van der Waals surface area contributed by atoms with Crippen LogP contribution in [-0.2, 0) is 11.2 Å². The average molecular weight is 473 g/mol. The Bertz CT molecular complexity index is 857. The van der Waals surface area contributed by atoms with Crippen LogP contribution in [0.4, 0.5) is 18.0 Å². The van der Waals surface area contributed by atoms with E-state index < -0.39 is 18.2 Å². The molecule has 3 heterocycles. The van der Waals surface area contributed by atoms with Gasteiger partial charge in [0.1, 0.15) is 0 Å². The van der Waals surface area contributed by atoms with Crippen LogP contribution < -0.4 is 15.2 Å². The van der Waals surface area contributed by atoms with Gasteiger partial charge in [-0.3, -0.25) is 4.79 Å². The zero-order valence-electron chi connectivity index (χ0n) is 19.0. The predicted octanol–water partition coefficient (Wildman–Crippen LogP) is 3.23. The number of amides is 2. The van der Waals surface area contributed by atoms with Crippen LogP contribution >= 0.6 is 0 Å². The summed E-state index contributed by atoms with van der Waals surface area (Å²) in [7, 11) is 1.45. The molecule has 2 N–H and O–H groups in total. The van der Waals surface area contributed by atoms with Crippen molar-refractivity contribution in [2.45, 2.75) is 63.6 Å². The minimum absolute atomic E-state index is 0.128. The molecule has 1 aromatic heterocycles. The number of hydrogen-bond acceptors (Lipinski definition) is 6. The predicted molar refractivity (Wildman–Crippen MR) is 114 cm³/mol. The summed E-state index contributed by atoms with van der Waals surface area (Å²) in [5.41, 5.74) is 7.01. The number of pyridine rings is 1. The van der Waals surface area contributed by atoms with Crippen LogP contribution in [0.15, 0.2) is 6.07 Å². The van der Waals surface area contributed by atoms with Crippen LogP contribution in [0.2, 0.25) is 0 Å². The van der Waals surface area contributed by atoms with Crippen molar-refractivity contribution >= 4 is 12.0 Å². The van der Waals surface area contributed by atoms with Crippen LogP contribution in [-0.4, -0.2) is 72.3 Å². The SMILES string of the molecule is CCc1cc(OC(N)=O)c(OC)nc1C1CCN(C2CCCN(C(=O)C(F)(F)F)CC2)CC1. The maximum atomic E-state index is 12.8. The standard InChI is InChI=1S/C22H31F3N4O4/c1-3-14-13-17(33-21(26)31)19(32-2)27-18(14)15-6-10-28(11-7-15)16-5-4-9-29(12-8-16)20(30)22(23,24)25/h13,15-16H,3-12H2,1-2H3,(H2,26,31). The van der Waals surface area contributed by atoms with Gasteiger partial charge < -0.3 is 25.0 Å². The number of methoxy groups -OCH3 is 1. The number of aromatic nitrogens is 1. The van der Waals surface area contributed by atoms with Crippen LogP contribution in [0.25, 0.3) is 0 Å². The number of hydrogen-bond donors (Lipinski definition) is 1. The van der Waals surface area contributed by atoms with Crippen molar-refractivity contribution < 1.29 is 32.2 Å². The summed E-state index contributed by atoms with van der Waals surface area (Å²) >= 11 is 0. The summed E-state index contributed by atoms with van der Waals surface area (Å²) in [5.74, 6) is -1.14. The minimum atomic E-state index is -4.82. The molecule has 0 saturated carbocycles. The van der Waals surface area contributed by atoms with E-state index in [1.54, 1.807) is 6.07 Å². The van der Waals surface area contributed by atoms with Crippen LogP contribution in [0.3, 0.4) is 0 Å².